The molecule has 0 spiro atoms. The number of benzene rings is 1. The molecule has 2 heteroatoms. The van der Waals surface area contributed by atoms with E-state index in [1.807, 2.05) is 0 Å². The van der Waals surface area contributed by atoms with E-state index in [-0.39, 0.29) is 5.54 Å². The molecule has 1 saturated heterocycles. The van der Waals surface area contributed by atoms with E-state index in [0.717, 1.165) is 6.54 Å². The summed E-state index contributed by atoms with van der Waals surface area (Å²) in [5.74, 6) is 0. The van der Waals surface area contributed by atoms with Crippen molar-refractivity contribution in [2.45, 2.75) is 52.1 Å². The summed E-state index contributed by atoms with van der Waals surface area (Å²) in [7, 11) is 2.08. The van der Waals surface area contributed by atoms with Crippen molar-refractivity contribution in [2.75, 3.05) is 18.5 Å². The number of nitrogens with zero attached hydrogens (tertiary/aromatic N) is 1. The molecule has 18 heavy (non-hydrogen) atoms. The van der Waals surface area contributed by atoms with E-state index in [4.69, 9.17) is 0 Å². The predicted octanol–water partition coefficient (Wildman–Crippen LogP) is 3.27. The van der Waals surface area contributed by atoms with Crippen LogP contribution in [0.3, 0.4) is 0 Å². The molecule has 1 unspecified atom stereocenters. The minimum Gasteiger partial charge on any atom is -0.364 e. The van der Waals surface area contributed by atoms with Gasteiger partial charge in [0.15, 0.2) is 0 Å². The lowest BCUT2D eigenvalue weighted by molar-refractivity contribution is 0.313. The number of piperidine rings is 1. The number of likely N-dealkylation sites (N-methyl/N-ethyl adjacent to an activating group) is 1. The number of hydrogen-bond acceptors (Lipinski definition) is 2. The average molecular weight is 246 g/mol. The summed E-state index contributed by atoms with van der Waals surface area (Å²) in [5.41, 5.74) is 4.46. The number of para-hydroxylation sites is 1. The molecule has 0 radical (unpaired) electrons. The molecule has 1 atom stereocenters. The van der Waals surface area contributed by atoms with Crippen LogP contribution in [0.1, 0.15) is 37.8 Å². The van der Waals surface area contributed by atoms with E-state index in [0.29, 0.717) is 6.04 Å². The SMILES string of the molecule is CNC1CCC(C)(C)N(c2c(C)cccc2C)C1. The molecule has 1 aliphatic heterocycles. The Kier molecular flexibility index (Phi) is 3.67. The van der Waals surface area contributed by atoms with Crippen LogP contribution in [0.5, 0.6) is 0 Å². The highest BCUT2D eigenvalue weighted by atomic mass is 15.2. The Bertz CT molecular complexity index is 403. The van der Waals surface area contributed by atoms with Gasteiger partial charge in [0.1, 0.15) is 0 Å². The Morgan fingerprint density at radius 3 is 2.39 bits per heavy atom. The quantitative estimate of drug-likeness (QED) is 0.861. The first-order valence-electron chi connectivity index (χ1n) is 6.97. The summed E-state index contributed by atoms with van der Waals surface area (Å²) in [6, 6.07) is 7.21. The lowest BCUT2D eigenvalue weighted by Crippen LogP contribution is -2.55. The van der Waals surface area contributed by atoms with Crippen LogP contribution in [0.15, 0.2) is 18.2 Å². The Hall–Kier alpha value is -1.02. The second-order valence-electron chi connectivity index (χ2n) is 6.19. The lowest BCUT2D eigenvalue weighted by Gasteiger charge is -2.48. The number of nitrogens with one attached hydrogen (secondary N) is 1. The third-order valence-corrected chi connectivity index (χ3v) is 4.36. The molecule has 0 saturated carbocycles. The van der Waals surface area contributed by atoms with Crippen LogP contribution in [-0.2, 0) is 0 Å². The van der Waals surface area contributed by atoms with Crippen molar-refractivity contribution in [3.63, 3.8) is 0 Å². The first kappa shape index (κ1) is 13.4. The van der Waals surface area contributed by atoms with Gasteiger partial charge in [-0.1, -0.05) is 18.2 Å². The van der Waals surface area contributed by atoms with E-state index >= 15 is 0 Å². The Morgan fingerprint density at radius 2 is 1.83 bits per heavy atom. The van der Waals surface area contributed by atoms with Crippen LogP contribution in [0.4, 0.5) is 5.69 Å². The standard InChI is InChI=1S/C16H26N2/c1-12-7-6-8-13(2)15(12)18-11-14(17-5)9-10-16(18,3)4/h6-8,14,17H,9-11H2,1-5H3. The van der Waals surface area contributed by atoms with Gasteiger partial charge >= 0.3 is 0 Å². The van der Waals surface area contributed by atoms with Crippen LogP contribution >= 0.6 is 0 Å². The molecule has 100 valence electrons. The van der Waals surface area contributed by atoms with Crippen molar-refractivity contribution in [3.8, 4) is 0 Å². The van der Waals surface area contributed by atoms with Gasteiger partial charge in [-0.15, -0.1) is 0 Å². The van der Waals surface area contributed by atoms with E-state index in [2.05, 4.69) is 63.2 Å². The highest BCUT2D eigenvalue weighted by Crippen LogP contribution is 2.36. The van der Waals surface area contributed by atoms with Gasteiger partial charge in [-0.05, 0) is 58.7 Å². The zero-order valence-corrected chi connectivity index (χ0v) is 12.4. The third kappa shape index (κ3) is 2.39. The zero-order chi connectivity index (χ0) is 13.3. The molecule has 0 amide bonds. The fourth-order valence-electron chi connectivity index (χ4n) is 3.08. The van der Waals surface area contributed by atoms with E-state index in [1.54, 1.807) is 0 Å². The molecule has 1 aromatic rings. The summed E-state index contributed by atoms with van der Waals surface area (Å²) in [6.45, 7) is 10.3. The van der Waals surface area contributed by atoms with E-state index < -0.39 is 0 Å². The largest absolute Gasteiger partial charge is 0.364 e. The van der Waals surface area contributed by atoms with Gasteiger partial charge in [0, 0.05) is 23.8 Å². The normalized spacial score (nSPS) is 23.2. The van der Waals surface area contributed by atoms with E-state index in [9.17, 15) is 0 Å². The first-order chi connectivity index (χ1) is 8.45. The number of anilines is 1. The number of rotatable bonds is 2. The highest BCUT2D eigenvalue weighted by molar-refractivity contribution is 5.61. The van der Waals surface area contributed by atoms with Crippen molar-refractivity contribution >= 4 is 5.69 Å². The number of aryl methyl sites for hydroxylation is 2. The fourth-order valence-corrected chi connectivity index (χ4v) is 3.08. The molecule has 1 fully saturated rings. The van der Waals surface area contributed by atoms with Crippen molar-refractivity contribution in [1.29, 1.82) is 0 Å². The maximum absolute atomic E-state index is 3.44. The molecule has 2 nitrogen and oxygen atoms in total. The van der Waals surface area contributed by atoms with Gasteiger partial charge in [0.05, 0.1) is 0 Å². The Morgan fingerprint density at radius 1 is 1.22 bits per heavy atom. The van der Waals surface area contributed by atoms with Gasteiger partial charge < -0.3 is 10.2 Å². The van der Waals surface area contributed by atoms with Crippen LogP contribution in [0.2, 0.25) is 0 Å². The predicted molar refractivity (Wildman–Crippen MR) is 79.4 cm³/mol. The lowest BCUT2D eigenvalue weighted by atomic mass is 9.86. The molecule has 1 N–H and O–H groups in total. The minimum atomic E-state index is 0.254. The average Bonchev–Trinajstić information content (AvgIpc) is 2.31. The Labute approximate surface area is 111 Å². The molecular weight excluding hydrogens is 220 g/mol. The smallest absolute Gasteiger partial charge is 0.0430 e. The molecule has 0 bridgehead atoms. The molecule has 1 aromatic carbocycles. The topological polar surface area (TPSA) is 15.3 Å². The van der Waals surface area contributed by atoms with Crippen LogP contribution in [0, 0.1) is 13.8 Å². The Balaban J connectivity index is 2.39. The van der Waals surface area contributed by atoms with Gasteiger partial charge in [-0.3, -0.25) is 0 Å². The van der Waals surface area contributed by atoms with Crippen molar-refractivity contribution in [3.05, 3.63) is 29.3 Å². The van der Waals surface area contributed by atoms with Crippen LogP contribution < -0.4 is 10.2 Å². The van der Waals surface area contributed by atoms with Gasteiger partial charge in [-0.25, -0.2) is 0 Å². The summed E-state index contributed by atoms with van der Waals surface area (Å²) in [4.78, 5) is 2.60. The second kappa shape index (κ2) is 4.93. The van der Waals surface area contributed by atoms with Crippen molar-refractivity contribution in [2.24, 2.45) is 0 Å². The summed E-state index contributed by atoms with van der Waals surface area (Å²) >= 11 is 0. The zero-order valence-electron chi connectivity index (χ0n) is 12.4. The molecular formula is C16H26N2. The highest BCUT2D eigenvalue weighted by Gasteiger charge is 2.34. The third-order valence-electron chi connectivity index (χ3n) is 4.36. The monoisotopic (exact) mass is 246 g/mol. The van der Waals surface area contributed by atoms with Gasteiger partial charge in [0.2, 0.25) is 0 Å². The molecule has 1 aliphatic rings. The van der Waals surface area contributed by atoms with Gasteiger partial charge in [0.25, 0.3) is 0 Å². The maximum Gasteiger partial charge on any atom is 0.0430 e. The second-order valence-corrected chi connectivity index (χ2v) is 6.19. The van der Waals surface area contributed by atoms with Crippen molar-refractivity contribution < 1.29 is 0 Å². The summed E-state index contributed by atoms with van der Waals surface area (Å²) in [6.07, 6.45) is 2.51. The molecule has 0 aliphatic carbocycles. The number of hydrogen-bond donors (Lipinski definition) is 1. The molecule has 1 heterocycles. The van der Waals surface area contributed by atoms with E-state index in [1.165, 1.54) is 29.7 Å². The molecule has 0 aromatic heterocycles. The van der Waals surface area contributed by atoms with Crippen LogP contribution in [0.25, 0.3) is 0 Å². The van der Waals surface area contributed by atoms with Crippen molar-refractivity contribution in [1.82, 2.24) is 5.32 Å². The van der Waals surface area contributed by atoms with Gasteiger partial charge in [-0.2, -0.15) is 0 Å². The fraction of sp³-hybridized carbons (Fsp3) is 0.625. The minimum absolute atomic E-state index is 0.254. The summed E-state index contributed by atoms with van der Waals surface area (Å²) < 4.78 is 0. The molecule has 2 rings (SSSR count). The van der Waals surface area contributed by atoms with Crippen LogP contribution in [-0.4, -0.2) is 25.2 Å². The maximum atomic E-state index is 3.44. The summed E-state index contributed by atoms with van der Waals surface area (Å²) in [5, 5.41) is 3.44. The first-order valence-corrected chi connectivity index (χ1v) is 6.97.